The molecule has 456 valence electrons. The number of benzene rings is 1. The average Bonchev–Trinajstić information content (AvgIpc) is 4.08. The maximum atomic E-state index is 11.8. The standard InChI is InChI=1S/C11H16O5S2.C9H13NO4S.C8H10O4S2.C7H10O4S2.C7H10OS.C6H7BrO3S2/c1-4-5-6-16-11(12)9-7(2)17-8(3)10(9)18(13,14)15;1-6-4-8(14-3)7(10-2)5-9(6)15(11,12)13;1-4(9)7-5(2)13-6(3)8(7)14(10,11)12;1-4-6(11-3)7(5(2)12-4)13(8,9)10;1-5-4-7(8-3)6(2)9-5;1-3-5(7)6(4(2)11-3)12(8,9)10/h4-6H2,1-3H3,(H,13,14,15);4-5,10H,1-3H3,(H,11,12,13);1-3H3,(H,10,11,12);1-3H3,(H,8,9,10);4H,1-3H3;1-2H3,(H,8,9,10). The number of rotatable bonds is 14. The van der Waals surface area contributed by atoms with E-state index in [1.165, 1.54) is 71.0 Å². The fourth-order valence-electron chi connectivity index (χ4n) is 7.19. The van der Waals surface area contributed by atoms with Crippen molar-refractivity contribution in [3.8, 4) is 17.2 Å². The number of aryl methyl sites for hydroxylation is 11. The molecule has 0 atom stereocenters. The van der Waals surface area contributed by atoms with Gasteiger partial charge in [0.1, 0.15) is 31.1 Å². The fourth-order valence-corrected chi connectivity index (χ4v) is 19.2. The normalized spacial score (nSPS) is 11.4. The van der Waals surface area contributed by atoms with E-state index in [2.05, 4.69) is 41.2 Å². The molecule has 0 fully saturated rings. The van der Waals surface area contributed by atoms with Crippen molar-refractivity contribution in [2.24, 2.45) is 0 Å². The van der Waals surface area contributed by atoms with Crippen molar-refractivity contribution in [1.29, 1.82) is 0 Å². The zero-order valence-corrected chi connectivity index (χ0v) is 56.8. The molecule has 0 saturated heterocycles. The summed E-state index contributed by atoms with van der Waals surface area (Å²) in [4.78, 5) is 29.5. The van der Waals surface area contributed by atoms with Gasteiger partial charge in [0.25, 0.3) is 50.6 Å². The molecular weight excluding hydrogens is 1330 g/mol. The number of anilines is 1. The number of hydrogen-bond donors (Lipinski definition) is 6. The number of Topliss-reactive ketones (excluding diaryl/α,β-unsaturated/α-hetero) is 1. The summed E-state index contributed by atoms with van der Waals surface area (Å²) in [6, 6.07) is 4.94. The Balaban J connectivity index is 0.000000491. The Morgan fingerprint density at radius 2 is 0.938 bits per heavy atom. The van der Waals surface area contributed by atoms with Gasteiger partial charge in [-0.1, -0.05) is 13.3 Å². The maximum Gasteiger partial charge on any atom is 0.340 e. The first-order chi connectivity index (χ1) is 36.9. The van der Waals surface area contributed by atoms with Gasteiger partial charge in [0.2, 0.25) is 0 Å². The zero-order chi connectivity index (χ0) is 63.2. The Hall–Kier alpha value is -3.91. The van der Waals surface area contributed by atoms with Crippen LogP contribution in [0.1, 0.15) is 102 Å². The minimum atomic E-state index is -4.41. The number of unbranched alkanes of at least 4 members (excludes halogenated alkanes) is 1. The second-order valence-corrected chi connectivity index (χ2v) is 31.5. The molecule has 0 aliphatic carbocycles. The molecule has 33 heteroatoms. The summed E-state index contributed by atoms with van der Waals surface area (Å²) in [5.41, 5.74) is 1.01. The van der Waals surface area contributed by atoms with E-state index in [0.717, 1.165) is 39.7 Å². The summed E-state index contributed by atoms with van der Waals surface area (Å²) in [6.07, 6.45) is 1.59. The summed E-state index contributed by atoms with van der Waals surface area (Å²) < 4.78 is 175. The molecule has 0 saturated carbocycles. The Kier molecular flexibility index (Phi) is 29.0. The van der Waals surface area contributed by atoms with Gasteiger partial charge in [0.15, 0.2) is 11.5 Å². The smallest absolute Gasteiger partial charge is 0.340 e. The minimum Gasteiger partial charge on any atom is -0.496 e. The van der Waals surface area contributed by atoms with Gasteiger partial charge >= 0.3 is 5.97 Å². The van der Waals surface area contributed by atoms with Gasteiger partial charge < -0.3 is 24.3 Å². The number of ketones is 1. The third-order valence-corrected chi connectivity index (χ3v) is 22.6. The number of hydrogen-bond acceptors (Lipinski definition) is 22. The predicted octanol–water partition coefficient (Wildman–Crippen LogP) is 12.0. The second kappa shape index (κ2) is 31.3. The lowest BCUT2D eigenvalue weighted by Gasteiger charge is -2.11. The monoisotopic (exact) mass is 1390 g/mol. The number of methoxy groups -OCH3 is 3. The Labute approximate surface area is 502 Å². The number of nitrogens with one attached hydrogen (secondary N) is 1. The largest absolute Gasteiger partial charge is 0.496 e. The first-order valence-electron chi connectivity index (χ1n) is 23.0. The molecule has 0 aliphatic heterocycles. The van der Waals surface area contributed by atoms with E-state index < -0.39 is 56.6 Å². The van der Waals surface area contributed by atoms with Gasteiger partial charge in [0.05, 0.1) is 54.1 Å². The molecule has 5 heterocycles. The molecule has 0 bridgehead atoms. The Morgan fingerprint density at radius 3 is 1.25 bits per heavy atom. The Morgan fingerprint density at radius 1 is 0.519 bits per heavy atom. The summed E-state index contributed by atoms with van der Waals surface area (Å²) in [6.45, 7) is 22.4. The summed E-state index contributed by atoms with van der Waals surface area (Å²) in [5.74, 6) is 0.738. The molecule has 22 nitrogen and oxygen atoms in total. The fraction of sp³-hybridized carbons (Fsp3) is 0.417. The van der Waals surface area contributed by atoms with Crippen LogP contribution in [0.4, 0.5) is 5.69 Å². The number of esters is 1. The van der Waals surface area contributed by atoms with E-state index >= 15 is 0 Å². The number of carbonyl (C=O) groups excluding carboxylic acids is 2. The first-order valence-corrected chi connectivity index (χ1v) is 35.1. The van der Waals surface area contributed by atoms with Gasteiger partial charge in [-0.15, -0.1) is 56.7 Å². The molecule has 1 aromatic carbocycles. The Bertz CT molecular complexity index is 3770. The lowest BCUT2D eigenvalue weighted by atomic mass is 10.2. The highest BCUT2D eigenvalue weighted by Crippen LogP contribution is 2.38. The highest BCUT2D eigenvalue weighted by Gasteiger charge is 2.30. The van der Waals surface area contributed by atoms with E-state index in [-0.39, 0.29) is 53.7 Å². The number of ether oxygens (including phenoxy) is 4. The van der Waals surface area contributed by atoms with Crippen LogP contribution in [0.25, 0.3) is 0 Å². The van der Waals surface area contributed by atoms with E-state index in [4.69, 9.17) is 41.7 Å². The third kappa shape index (κ3) is 21.6. The van der Waals surface area contributed by atoms with Crippen molar-refractivity contribution in [1.82, 2.24) is 0 Å². The van der Waals surface area contributed by atoms with Gasteiger partial charge in [-0.3, -0.25) is 27.6 Å². The highest BCUT2D eigenvalue weighted by atomic mass is 79.9. The quantitative estimate of drug-likeness (QED) is 0.0255. The molecule has 0 unspecified atom stereocenters. The van der Waals surface area contributed by atoms with Gasteiger partial charge in [-0.05, 0) is 129 Å². The maximum absolute atomic E-state index is 11.8. The van der Waals surface area contributed by atoms with E-state index in [1.807, 2.05) is 6.92 Å². The van der Waals surface area contributed by atoms with Crippen molar-refractivity contribution >= 4 is 141 Å². The van der Waals surface area contributed by atoms with Crippen molar-refractivity contribution in [3.05, 3.63) is 88.1 Å². The number of thiophene rings is 5. The lowest BCUT2D eigenvalue weighted by Crippen LogP contribution is -2.12. The predicted molar refractivity (Wildman–Crippen MR) is 321 cm³/mol. The summed E-state index contributed by atoms with van der Waals surface area (Å²) in [5, 5.41) is 2.79. The van der Waals surface area contributed by atoms with Gasteiger partial charge in [0, 0.05) is 55.8 Å². The summed E-state index contributed by atoms with van der Waals surface area (Å²) in [7, 11) is -14.9. The molecular formula is C48H66BrNO21S10. The van der Waals surface area contributed by atoms with Gasteiger partial charge in [-0.2, -0.15) is 42.1 Å². The third-order valence-electron chi connectivity index (χ3n) is 10.5. The topological polar surface area (TPSA) is 355 Å². The van der Waals surface area contributed by atoms with Crippen LogP contribution in [0.2, 0.25) is 0 Å². The second-order valence-electron chi connectivity index (χ2n) is 16.7. The number of carbonyl (C=O) groups is 2. The van der Waals surface area contributed by atoms with E-state index in [0.29, 0.717) is 50.7 Å². The molecule has 0 amide bonds. The van der Waals surface area contributed by atoms with Gasteiger partial charge in [-0.25, -0.2) is 4.79 Å². The van der Waals surface area contributed by atoms with Crippen LogP contribution in [0.5, 0.6) is 17.2 Å². The van der Waals surface area contributed by atoms with Crippen LogP contribution in [-0.4, -0.2) is 112 Å². The molecule has 0 aliphatic rings. The minimum absolute atomic E-state index is 0.00926. The molecule has 81 heavy (non-hydrogen) atoms. The van der Waals surface area contributed by atoms with Crippen LogP contribution in [-0.2, 0) is 55.3 Å². The van der Waals surface area contributed by atoms with Crippen molar-refractivity contribution in [2.75, 3.05) is 40.3 Å². The zero-order valence-electron chi connectivity index (χ0n) is 47.1. The highest BCUT2D eigenvalue weighted by molar-refractivity contribution is 9.10. The SMILES string of the molecule is CC(=O)c1c(C)sc(C)c1S(=O)(=O)O.CCCCOC(=O)c1c(C)sc(C)c1S(=O)(=O)O.CNc1cc(S(=O)(=O)O)c(C)cc1OC.COc1c(C)sc(C)c1S(=O)(=O)O.COc1cc(C)sc1C.Cc1sc(C)c(S(=O)(=O)O)c1Br. The molecule has 6 rings (SSSR count). The first kappa shape index (κ1) is 75.1. The van der Waals surface area contributed by atoms with Crippen molar-refractivity contribution < 1.29 is 93.4 Å². The van der Waals surface area contributed by atoms with Crippen LogP contribution in [0.3, 0.4) is 0 Å². The lowest BCUT2D eigenvalue weighted by molar-refractivity contribution is 0.0494. The molecule has 6 aromatic rings. The summed E-state index contributed by atoms with van der Waals surface area (Å²) >= 11 is 9.84. The van der Waals surface area contributed by atoms with E-state index in [1.54, 1.807) is 93.9 Å². The average molecular weight is 1390 g/mol. The van der Waals surface area contributed by atoms with Crippen molar-refractivity contribution in [3.63, 3.8) is 0 Å². The molecule has 0 spiro atoms. The number of halogens is 1. The molecule has 5 aromatic heterocycles. The van der Waals surface area contributed by atoms with Crippen LogP contribution >= 0.6 is 72.6 Å². The van der Waals surface area contributed by atoms with Crippen LogP contribution in [0.15, 0.2) is 47.1 Å². The van der Waals surface area contributed by atoms with Crippen LogP contribution in [0, 0.1) is 76.2 Å². The van der Waals surface area contributed by atoms with Crippen LogP contribution < -0.4 is 19.5 Å². The van der Waals surface area contributed by atoms with Crippen molar-refractivity contribution in [2.45, 2.75) is 127 Å². The molecule has 6 N–H and O–H groups in total. The van der Waals surface area contributed by atoms with E-state index in [9.17, 15) is 51.7 Å². The molecule has 0 radical (unpaired) electrons.